The van der Waals surface area contributed by atoms with E-state index in [2.05, 4.69) is 39.9 Å². The van der Waals surface area contributed by atoms with Crippen LogP contribution in [0.3, 0.4) is 0 Å². The Morgan fingerprint density at radius 2 is 2.20 bits per heavy atom. The zero-order valence-electron chi connectivity index (χ0n) is 12.4. The van der Waals surface area contributed by atoms with Crippen molar-refractivity contribution in [3.05, 3.63) is 36.2 Å². The van der Waals surface area contributed by atoms with Gasteiger partial charge in [0.2, 0.25) is 0 Å². The molecule has 2 rings (SSSR count). The van der Waals surface area contributed by atoms with Gasteiger partial charge < -0.3 is 14.6 Å². The lowest BCUT2D eigenvalue weighted by Crippen LogP contribution is -2.21. The molecule has 0 bridgehead atoms. The van der Waals surface area contributed by atoms with Gasteiger partial charge in [0.25, 0.3) is 0 Å². The van der Waals surface area contributed by atoms with Crippen LogP contribution in [0.2, 0.25) is 0 Å². The summed E-state index contributed by atoms with van der Waals surface area (Å²) in [5, 5.41) is 7.87. The fourth-order valence-corrected chi connectivity index (χ4v) is 1.95. The lowest BCUT2D eigenvalue weighted by atomic mass is 10.4. The third kappa shape index (κ3) is 3.91. The van der Waals surface area contributed by atoms with Crippen LogP contribution in [0.5, 0.6) is 0 Å². The Morgan fingerprint density at radius 1 is 1.35 bits per heavy atom. The van der Waals surface area contributed by atoms with Gasteiger partial charge in [-0.2, -0.15) is 5.10 Å². The molecule has 2 aromatic heterocycles. The van der Waals surface area contributed by atoms with Crippen molar-refractivity contribution in [2.24, 2.45) is 0 Å². The Bertz CT molecular complexity index is 517. The lowest BCUT2D eigenvalue weighted by Gasteiger charge is -2.08. The van der Waals surface area contributed by atoms with Crippen molar-refractivity contribution < 1.29 is 4.74 Å². The number of hydrogen-bond donors (Lipinski definition) is 1. The molecule has 0 atom stereocenters. The summed E-state index contributed by atoms with van der Waals surface area (Å²) < 4.78 is 9.10. The van der Waals surface area contributed by atoms with Crippen LogP contribution in [-0.2, 0) is 17.8 Å². The molecule has 0 aromatic carbocycles. The Labute approximate surface area is 119 Å². The summed E-state index contributed by atoms with van der Waals surface area (Å²) in [6.45, 7) is 7.27. The highest BCUT2D eigenvalue weighted by Crippen LogP contribution is 2.07. The molecular formula is C14H23N5O. The van der Waals surface area contributed by atoms with Crippen LogP contribution in [0, 0.1) is 0 Å². The molecule has 20 heavy (non-hydrogen) atoms. The highest BCUT2D eigenvalue weighted by atomic mass is 16.5. The molecule has 2 heterocycles. The first-order chi connectivity index (χ1) is 9.70. The Hall–Kier alpha value is -1.66. The van der Waals surface area contributed by atoms with Gasteiger partial charge in [0.1, 0.15) is 5.82 Å². The fourth-order valence-electron chi connectivity index (χ4n) is 1.95. The van der Waals surface area contributed by atoms with E-state index < -0.39 is 0 Å². The molecule has 6 nitrogen and oxygen atoms in total. The molecule has 0 fully saturated rings. The van der Waals surface area contributed by atoms with Gasteiger partial charge in [0.05, 0.1) is 25.4 Å². The van der Waals surface area contributed by atoms with E-state index in [0.717, 1.165) is 31.2 Å². The van der Waals surface area contributed by atoms with Crippen LogP contribution in [0.25, 0.3) is 0 Å². The minimum Gasteiger partial charge on any atom is -0.383 e. The maximum atomic E-state index is 5.01. The number of imidazole rings is 1. The lowest BCUT2D eigenvalue weighted by molar-refractivity contribution is 0.199. The van der Waals surface area contributed by atoms with E-state index in [-0.39, 0.29) is 0 Å². The van der Waals surface area contributed by atoms with Gasteiger partial charge in [-0.1, -0.05) is 0 Å². The van der Waals surface area contributed by atoms with Gasteiger partial charge in [-0.05, 0) is 19.9 Å². The molecule has 0 saturated carbocycles. The number of aromatic nitrogens is 4. The molecule has 1 N–H and O–H groups in total. The Balaban J connectivity index is 1.93. The predicted molar refractivity (Wildman–Crippen MR) is 77.5 cm³/mol. The largest absolute Gasteiger partial charge is 0.383 e. The minimum absolute atomic E-state index is 0.390. The van der Waals surface area contributed by atoms with Gasteiger partial charge in [-0.15, -0.1) is 0 Å². The van der Waals surface area contributed by atoms with E-state index in [4.69, 9.17) is 4.74 Å². The topological polar surface area (TPSA) is 56.9 Å². The number of nitrogens with one attached hydrogen (secondary N) is 1. The summed E-state index contributed by atoms with van der Waals surface area (Å²) in [6, 6.07) is 2.45. The molecule has 0 spiro atoms. The number of rotatable bonds is 8. The van der Waals surface area contributed by atoms with Crippen LogP contribution >= 0.6 is 0 Å². The maximum Gasteiger partial charge on any atom is 0.123 e. The zero-order valence-corrected chi connectivity index (χ0v) is 12.4. The first-order valence-corrected chi connectivity index (χ1v) is 6.94. The number of nitrogens with zero attached hydrogens (tertiary/aromatic N) is 4. The monoisotopic (exact) mass is 277 g/mol. The quantitative estimate of drug-likeness (QED) is 0.742. The summed E-state index contributed by atoms with van der Waals surface area (Å²) >= 11 is 0. The van der Waals surface area contributed by atoms with Crippen molar-refractivity contribution in [2.45, 2.75) is 33.0 Å². The summed E-state index contributed by atoms with van der Waals surface area (Å²) in [6.07, 6.45) is 5.84. The van der Waals surface area contributed by atoms with Crippen molar-refractivity contribution in [1.82, 2.24) is 24.6 Å². The second-order valence-corrected chi connectivity index (χ2v) is 5.02. The van der Waals surface area contributed by atoms with Gasteiger partial charge in [0.15, 0.2) is 0 Å². The number of methoxy groups -OCH3 is 1. The normalized spacial score (nSPS) is 11.4. The van der Waals surface area contributed by atoms with E-state index >= 15 is 0 Å². The Kier molecular flexibility index (Phi) is 5.31. The molecule has 0 radical (unpaired) electrons. The van der Waals surface area contributed by atoms with E-state index in [1.807, 2.05) is 23.3 Å². The van der Waals surface area contributed by atoms with E-state index in [1.54, 1.807) is 7.11 Å². The zero-order chi connectivity index (χ0) is 14.4. The highest BCUT2D eigenvalue weighted by Gasteiger charge is 2.06. The van der Waals surface area contributed by atoms with Crippen LogP contribution in [-0.4, -0.2) is 39.6 Å². The van der Waals surface area contributed by atoms with Gasteiger partial charge in [0, 0.05) is 38.3 Å². The molecular weight excluding hydrogens is 254 g/mol. The Morgan fingerprint density at radius 3 is 2.90 bits per heavy atom. The van der Waals surface area contributed by atoms with E-state index in [1.165, 1.54) is 0 Å². The van der Waals surface area contributed by atoms with Crippen LogP contribution in [0.4, 0.5) is 0 Å². The molecule has 2 aromatic rings. The van der Waals surface area contributed by atoms with Crippen molar-refractivity contribution in [3.63, 3.8) is 0 Å². The molecule has 0 aliphatic heterocycles. The number of hydrogen-bond acceptors (Lipinski definition) is 4. The van der Waals surface area contributed by atoms with E-state index in [0.29, 0.717) is 12.6 Å². The first-order valence-electron chi connectivity index (χ1n) is 6.94. The predicted octanol–water partition coefficient (Wildman–Crippen LogP) is 1.44. The average molecular weight is 277 g/mol. The standard InChI is InChI=1S/C14H23N5O/c1-12(2)19-7-4-13(17-19)11-18-8-5-16-14(18)10-15-6-9-20-3/h4-5,7-8,12,15H,6,9-11H2,1-3H3. The van der Waals surface area contributed by atoms with Gasteiger partial charge in [-0.3, -0.25) is 4.68 Å². The van der Waals surface area contributed by atoms with Crippen LogP contribution in [0.1, 0.15) is 31.4 Å². The summed E-state index contributed by atoms with van der Waals surface area (Å²) in [5.74, 6) is 1.01. The van der Waals surface area contributed by atoms with Crippen molar-refractivity contribution in [3.8, 4) is 0 Å². The van der Waals surface area contributed by atoms with Crippen LogP contribution < -0.4 is 5.32 Å². The summed E-state index contributed by atoms with van der Waals surface area (Å²) in [7, 11) is 1.70. The summed E-state index contributed by atoms with van der Waals surface area (Å²) in [4.78, 5) is 4.38. The third-order valence-electron chi connectivity index (χ3n) is 3.09. The molecule has 6 heteroatoms. The average Bonchev–Trinajstić information content (AvgIpc) is 3.05. The van der Waals surface area contributed by atoms with Crippen molar-refractivity contribution in [1.29, 1.82) is 0 Å². The third-order valence-corrected chi connectivity index (χ3v) is 3.09. The second kappa shape index (κ2) is 7.21. The van der Waals surface area contributed by atoms with Crippen LogP contribution in [0.15, 0.2) is 24.7 Å². The van der Waals surface area contributed by atoms with Gasteiger partial charge in [-0.25, -0.2) is 4.98 Å². The molecule has 0 amide bonds. The molecule has 0 saturated heterocycles. The minimum atomic E-state index is 0.390. The number of ether oxygens (including phenoxy) is 1. The molecule has 0 aliphatic rings. The fraction of sp³-hybridized carbons (Fsp3) is 0.571. The highest BCUT2D eigenvalue weighted by molar-refractivity contribution is 5.03. The maximum absolute atomic E-state index is 5.01. The van der Waals surface area contributed by atoms with E-state index in [9.17, 15) is 0 Å². The second-order valence-electron chi connectivity index (χ2n) is 5.02. The summed E-state index contributed by atoms with van der Waals surface area (Å²) in [5.41, 5.74) is 1.05. The molecule has 0 aliphatic carbocycles. The SMILES string of the molecule is COCCNCc1nccn1Cc1ccn(C(C)C)n1. The van der Waals surface area contributed by atoms with Crippen molar-refractivity contribution in [2.75, 3.05) is 20.3 Å². The first kappa shape index (κ1) is 14.7. The van der Waals surface area contributed by atoms with Crippen molar-refractivity contribution >= 4 is 0 Å². The van der Waals surface area contributed by atoms with Gasteiger partial charge >= 0.3 is 0 Å². The smallest absolute Gasteiger partial charge is 0.123 e. The molecule has 0 unspecified atom stereocenters. The molecule has 110 valence electrons.